The Morgan fingerprint density at radius 1 is 1.22 bits per heavy atom. The van der Waals surface area contributed by atoms with E-state index in [1.807, 2.05) is 4.83 Å². The molecule has 0 atom stereocenters. The maximum absolute atomic E-state index is 14.5. The lowest BCUT2D eigenvalue weighted by Gasteiger charge is -2.30. The number of carbonyl (C=O) groups excluding carboxylic acids is 2. The van der Waals surface area contributed by atoms with Crippen LogP contribution in [0.3, 0.4) is 0 Å². The summed E-state index contributed by atoms with van der Waals surface area (Å²) in [4.78, 5) is 30.7. The highest BCUT2D eigenvalue weighted by Gasteiger charge is 2.28. The molecule has 0 unspecified atom stereocenters. The van der Waals surface area contributed by atoms with Crippen molar-refractivity contribution in [1.82, 2.24) is 25.1 Å². The summed E-state index contributed by atoms with van der Waals surface area (Å²) in [5.74, 6) is -2.33. The lowest BCUT2D eigenvalue weighted by molar-refractivity contribution is 0.0488. The number of amides is 2. The number of halogens is 2. The van der Waals surface area contributed by atoms with Crippen molar-refractivity contribution in [1.29, 1.82) is 0 Å². The Hall–Kier alpha value is -2.70. The average Bonchev–Trinajstić information content (AvgIpc) is 3.20. The third-order valence-electron chi connectivity index (χ3n) is 5.62. The SMILES string of the molecule is Cn1cnc(-c2cc(Cl)c(F)c(C(=O)NNS(=O)(=O)CC3CCC(NC(=O)OC(C)(C)C)CC3)c2)c1. The Balaban J connectivity index is 1.54. The van der Waals surface area contributed by atoms with Crippen LogP contribution in [0.15, 0.2) is 24.7 Å². The van der Waals surface area contributed by atoms with Gasteiger partial charge in [0.15, 0.2) is 5.82 Å². The molecule has 1 saturated carbocycles. The highest BCUT2D eigenvalue weighted by Crippen LogP contribution is 2.28. The molecule has 198 valence electrons. The van der Waals surface area contributed by atoms with Gasteiger partial charge in [-0.25, -0.2) is 22.6 Å². The van der Waals surface area contributed by atoms with Crippen LogP contribution in [-0.2, 0) is 21.8 Å². The van der Waals surface area contributed by atoms with E-state index in [0.29, 0.717) is 36.9 Å². The van der Waals surface area contributed by atoms with Crippen molar-refractivity contribution in [2.45, 2.75) is 58.1 Å². The first-order valence-electron chi connectivity index (χ1n) is 11.5. The number of nitrogens with zero attached hydrogens (tertiary/aromatic N) is 2. The molecule has 1 aliphatic carbocycles. The number of rotatable bonds is 7. The number of hydrogen-bond acceptors (Lipinski definition) is 6. The van der Waals surface area contributed by atoms with E-state index >= 15 is 0 Å². The number of benzene rings is 1. The van der Waals surface area contributed by atoms with E-state index in [2.05, 4.69) is 15.7 Å². The highest BCUT2D eigenvalue weighted by atomic mass is 35.5. The Kier molecular flexibility index (Phi) is 8.63. The van der Waals surface area contributed by atoms with Crippen molar-refractivity contribution in [3.63, 3.8) is 0 Å². The molecule has 0 saturated heterocycles. The molecule has 0 aliphatic heterocycles. The molecule has 2 amide bonds. The van der Waals surface area contributed by atoms with E-state index in [0.717, 1.165) is 0 Å². The van der Waals surface area contributed by atoms with Crippen LogP contribution in [0.2, 0.25) is 5.02 Å². The molecule has 0 spiro atoms. The van der Waals surface area contributed by atoms with Gasteiger partial charge in [-0.05, 0) is 64.5 Å². The van der Waals surface area contributed by atoms with Gasteiger partial charge in [0, 0.05) is 24.8 Å². The number of hydrazine groups is 1. The molecule has 13 heteroatoms. The quantitative estimate of drug-likeness (QED) is 0.458. The van der Waals surface area contributed by atoms with Crippen LogP contribution in [0.5, 0.6) is 0 Å². The van der Waals surface area contributed by atoms with Gasteiger partial charge in [-0.1, -0.05) is 11.6 Å². The van der Waals surface area contributed by atoms with Gasteiger partial charge in [-0.2, -0.15) is 0 Å². The zero-order valence-electron chi connectivity index (χ0n) is 20.6. The van der Waals surface area contributed by atoms with Gasteiger partial charge in [0.2, 0.25) is 10.0 Å². The molecule has 0 bridgehead atoms. The molecule has 1 fully saturated rings. The summed E-state index contributed by atoms with van der Waals surface area (Å²) in [5.41, 5.74) is 1.93. The molecule has 3 N–H and O–H groups in total. The Morgan fingerprint density at radius 2 is 1.89 bits per heavy atom. The first kappa shape index (κ1) is 27.9. The Morgan fingerprint density at radius 3 is 2.47 bits per heavy atom. The summed E-state index contributed by atoms with van der Waals surface area (Å²) in [6, 6.07) is 2.51. The number of alkyl carbamates (subject to hydrolysis) is 1. The maximum Gasteiger partial charge on any atom is 0.407 e. The number of aromatic nitrogens is 2. The molecule has 1 heterocycles. The van der Waals surface area contributed by atoms with Crippen LogP contribution in [0, 0.1) is 11.7 Å². The van der Waals surface area contributed by atoms with Crippen LogP contribution in [0.4, 0.5) is 9.18 Å². The summed E-state index contributed by atoms with van der Waals surface area (Å²) >= 11 is 5.95. The van der Waals surface area contributed by atoms with Crippen LogP contribution in [0.25, 0.3) is 11.3 Å². The van der Waals surface area contributed by atoms with Crippen molar-refractivity contribution >= 4 is 33.6 Å². The van der Waals surface area contributed by atoms with Gasteiger partial charge < -0.3 is 14.6 Å². The topological polar surface area (TPSA) is 131 Å². The van der Waals surface area contributed by atoms with E-state index in [1.165, 1.54) is 12.1 Å². The molecule has 3 rings (SSSR count). The fourth-order valence-corrected chi connectivity index (χ4v) is 5.46. The molecular weight excluding hydrogens is 513 g/mol. The molecule has 1 aromatic heterocycles. The minimum atomic E-state index is -3.90. The second kappa shape index (κ2) is 11.1. The standard InChI is InChI=1S/C23H31ClFN5O5S/c1-23(2,3)35-22(32)27-16-7-5-14(6-8-16)12-36(33,34)29-28-21(31)17-9-15(10-18(24)20(17)25)19-11-30(4)13-26-19/h9-11,13-14,16,29H,5-8,12H2,1-4H3,(H,27,32)(H,28,31). The molecule has 36 heavy (non-hydrogen) atoms. The first-order chi connectivity index (χ1) is 16.7. The summed E-state index contributed by atoms with van der Waals surface area (Å²) in [5, 5.41) is 2.52. The molecule has 10 nitrogen and oxygen atoms in total. The van der Waals surface area contributed by atoms with Crippen molar-refractivity contribution in [3.05, 3.63) is 41.1 Å². The normalized spacial score (nSPS) is 18.5. The number of imidazole rings is 1. The third kappa shape index (κ3) is 7.90. The van der Waals surface area contributed by atoms with Crippen LogP contribution >= 0.6 is 11.6 Å². The van der Waals surface area contributed by atoms with Gasteiger partial charge in [-0.15, -0.1) is 4.83 Å². The first-order valence-corrected chi connectivity index (χ1v) is 13.5. The predicted octanol–water partition coefficient (Wildman–Crippen LogP) is 3.53. The van der Waals surface area contributed by atoms with E-state index in [4.69, 9.17) is 16.3 Å². The highest BCUT2D eigenvalue weighted by molar-refractivity contribution is 7.89. The summed E-state index contributed by atoms with van der Waals surface area (Å²) < 4.78 is 46.6. The second-order valence-electron chi connectivity index (χ2n) is 9.95. The summed E-state index contributed by atoms with van der Waals surface area (Å²) in [7, 11) is -2.14. The second-order valence-corrected chi connectivity index (χ2v) is 12.1. The molecule has 1 aromatic carbocycles. The predicted molar refractivity (Wildman–Crippen MR) is 133 cm³/mol. The van der Waals surface area contributed by atoms with Gasteiger partial charge in [0.1, 0.15) is 5.60 Å². The van der Waals surface area contributed by atoms with Gasteiger partial charge in [-0.3, -0.25) is 10.2 Å². The number of carbonyl (C=O) groups is 2. The largest absolute Gasteiger partial charge is 0.444 e. The van der Waals surface area contributed by atoms with Crippen molar-refractivity contribution in [2.24, 2.45) is 13.0 Å². The fourth-order valence-electron chi connectivity index (χ4n) is 3.96. The van der Waals surface area contributed by atoms with Gasteiger partial charge in [0.25, 0.3) is 5.91 Å². The van der Waals surface area contributed by atoms with E-state index in [9.17, 15) is 22.4 Å². The smallest absolute Gasteiger partial charge is 0.407 e. The van der Waals surface area contributed by atoms with E-state index in [-0.39, 0.29) is 22.7 Å². The molecular formula is C23H31ClFN5O5S. The van der Waals surface area contributed by atoms with Crippen molar-refractivity contribution in [3.8, 4) is 11.3 Å². The lowest BCUT2D eigenvalue weighted by Crippen LogP contribution is -2.45. The summed E-state index contributed by atoms with van der Waals surface area (Å²) in [6.45, 7) is 5.33. The van der Waals surface area contributed by atoms with Crippen LogP contribution in [0.1, 0.15) is 56.8 Å². The zero-order chi connectivity index (χ0) is 26.7. The third-order valence-corrected chi connectivity index (χ3v) is 7.21. The molecule has 0 radical (unpaired) electrons. The van der Waals surface area contributed by atoms with Crippen LogP contribution in [-0.4, -0.2) is 47.4 Å². The molecule has 2 aromatic rings. The van der Waals surface area contributed by atoms with Crippen molar-refractivity contribution < 1.29 is 27.1 Å². The fraction of sp³-hybridized carbons (Fsp3) is 0.522. The van der Waals surface area contributed by atoms with Gasteiger partial charge in [0.05, 0.1) is 28.4 Å². The van der Waals surface area contributed by atoms with Crippen LogP contribution < -0.4 is 15.6 Å². The lowest BCUT2D eigenvalue weighted by atomic mass is 9.87. The monoisotopic (exact) mass is 543 g/mol. The minimum Gasteiger partial charge on any atom is -0.444 e. The number of hydrogen-bond donors (Lipinski definition) is 3. The number of aryl methyl sites for hydroxylation is 1. The Bertz CT molecular complexity index is 1220. The zero-order valence-corrected chi connectivity index (χ0v) is 22.2. The average molecular weight is 544 g/mol. The number of ether oxygens (including phenoxy) is 1. The van der Waals surface area contributed by atoms with Gasteiger partial charge >= 0.3 is 6.09 Å². The number of nitrogens with one attached hydrogen (secondary N) is 3. The summed E-state index contributed by atoms with van der Waals surface area (Å²) in [6.07, 6.45) is 5.08. The Labute approximate surface area is 215 Å². The van der Waals surface area contributed by atoms with E-state index < -0.39 is 39.0 Å². The van der Waals surface area contributed by atoms with E-state index in [1.54, 1.807) is 44.9 Å². The minimum absolute atomic E-state index is 0.0921. The number of sulfonamides is 1. The van der Waals surface area contributed by atoms with Crippen molar-refractivity contribution in [2.75, 3.05) is 5.75 Å². The maximum atomic E-state index is 14.5. The molecule has 1 aliphatic rings.